The Morgan fingerprint density at radius 2 is 1.11 bits per heavy atom. The van der Waals surface area contributed by atoms with Crippen LogP contribution >= 0.6 is 0 Å². The normalized spacial score (nSPS) is 11.5. The summed E-state index contributed by atoms with van der Waals surface area (Å²) in [5.74, 6) is -0.122. The Balaban J connectivity index is 1.77. The minimum absolute atomic E-state index is 0.0610. The number of fused-ring (bicyclic) bond motifs is 2. The molecule has 2 amide bonds. The van der Waals surface area contributed by atoms with Crippen molar-refractivity contribution in [2.75, 3.05) is 49.9 Å². The van der Waals surface area contributed by atoms with E-state index in [0.717, 1.165) is 26.2 Å². The summed E-state index contributed by atoms with van der Waals surface area (Å²) in [6.45, 7) is 13.4. The van der Waals surface area contributed by atoms with Crippen molar-refractivity contribution in [2.24, 2.45) is 0 Å². The number of hydrogen-bond donors (Lipinski definition) is 3. The largest absolute Gasteiger partial charge is 0.354 e. The number of carbonyl (C=O) groups excluding carboxylic acids is 2. The molecule has 0 unspecified atom stereocenters. The Hall–Kier alpha value is -3.23. The molecule has 0 saturated heterocycles. The van der Waals surface area contributed by atoms with E-state index in [1.54, 1.807) is 36.4 Å². The molecule has 0 atom stereocenters. The molecule has 8 heteroatoms. The highest BCUT2D eigenvalue weighted by Crippen LogP contribution is 2.21. The Bertz CT molecular complexity index is 1140. The monoisotopic (exact) mass is 479 g/mol. The molecule has 3 N–H and O–H groups in total. The molecule has 1 heterocycles. The number of rotatable bonds is 12. The average molecular weight is 480 g/mol. The Kier molecular flexibility index (Phi) is 9.39. The maximum atomic E-state index is 13.0. The van der Waals surface area contributed by atoms with Gasteiger partial charge in [0, 0.05) is 48.1 Å². The van der Waals surface area contributed by atoms with Gasteiger partial charge in [-0.3, -0.25) is 14.4 Å². The number of carbonyl (C=O) groups is 2. The van der Waals surface area contributed by atoms with Crippen LogP contribution in [0.15, 0.2) is 41.2 Å². The van der Waals surface area contributed by atoms with Gasteiger partial charge in [0.1, 0.15) is 0 Å². The smallest absolute Gasteiger partial charge is 0.225 e. The van der Waals surface area contributed by atoms with Crippen LogP contribution in [0, 0.1) is 0 Å². The summed E-state index contributed by atoms with van der Waals surface area (Å²) in [5, 5.41) is 6.95. The van der Waals surface area contributed by atoms with Gasteiger partial charge in [-0.25, -0.2) is 0 Å². The number of pyridine rings is 1. The highest BCUT2D eigenvalue weighted by Gasteiger charge is 2.11. The van der Waals surface area contributed by atoms with Gasteiger partial charge in [-0.1, -0.05) is 27.7 Å². The summed E-state index contributed by atoms with van der Waals surface area (Å²) in [6, 6.07) is 10.5. The Morgan fingerprint density at radius 3 is 1.49 bits per heavy atom. The predicted molar refractivity (Wildman–Crippen MR) is 144 cm³/mol. The van der Waals surface area contributed by atoms with Crippen LogP contribution in [0.2, 0.25) is 0 Å². The number of aromatic nitrogens is 1. The molecule has 0 radical (unpaired) electrons. The molecular weight excluding hydrogens is 442 g/mol. The van der Waals surface area contributed by atoms with Crippen molar-refractivity contribution in [2.45, 2.75) is 40.5 Å². The van der Waals surface area contributed by atoms with Crippen molar-refractivity contribution in [1.29, 1.82) is 0 Å². The number of aromatic amines is 1. The van der Waals surface area contributed by atoms with Crippen LogP contribution in [0.25, 0.3) is 21.8 Å². The zero-order chi connectivity index (χ0) is 25.4. The Labute approximate surface area is 206 Å². The van der Waals surface area contributed by atoms with E-state index in [9.17, 15) is 14.4 Å². The van der Waals surface area contributed by atoms with Crippen molar-refractivity contribution in [3.63, 3.8) is 0 Å². The fourth-order valence-corrected chi connectivity index (χ4v) is 4.18. The van der Waals surface area contributed by atoms with Crippen LogP contribution in [-0.4, -0.2) is 65.9 Å². The van der Waals surface area contributed by atoms with E-state index in [2.05, 4.69) is 53.1 Å². The van der Waals surface area contributed by atoms with Crippen LogP contribution < -0.4 is 16.1 Å². The van der Waals surface area contributed by atoms with Crippen molar-refractivity contribution < 1.29 is 9.59 Å². The summed E-state index contributed by atoms with van der Waals surface area (Å²) >= 11 is 0. The van der Waals surface area contributed by atoms with Gasteiger partial charge in [0.05, 0.1) is 11.0 Å². The van der Waals surface area contributed by atoms with Gasteiger partial charge < -0.3 is 25.4 Å². The van der Waals surface area contributed by atoms with Crippen LogP contribution in [0.1, 0.15) is 40.5 Å². The first-order valence-corrected chi connectivity index (χ1v) is 12.5. The molecule has 2 aromatic carbocycles. The molecule has 35 heavy (non-hydrogen) atoms. The van der Waals surface area contributed by atoms with Crippen molar-refractivity contribution in [3.05, 3.63) is 46.6 Å². The third-order valence-electron chi connectivity index (χ3n) is 6.46. The number of nitrogens with one attached hydrogen (secondary N) is 3. The third-order valence-corrected chi connectivity index (χ3v) is 6.46. The van der Waals surface area contributed by atoms with E-state index in [1.807, 2.05) is 0 Å². The number of benzene rings is 2. The SMILES string of the molecule is CCN(CC)CCC(=O)Nc1ccc2c(=O)c3ccc(NC(=O)CCN(CC)CC)cc3[nH]c2c1. The summed E-state index contributed by atoms with van der Waals surface area (Å²) in [5.41, 5.74) is 2.45. The third kappa shape index (κ3) is 6.90. The van der Waals surface area contributed by atoms with Crippen LogP contribution in [0.3, 0.4) is 0 Å². The second-order valence-corrected chi connectivity index (χ2v) is 8.62. The Morgan fingerprint density at radius 1 is 0.714 bits per heavy atom. The fraction of sp³-hybridized carbons (Fsp3) is 0.444. The van der Waals surface area contributed by atoms with Gasteiger partial charge in [0.2, 0.25) is 11.8 Å². The summed E-state index contributed by atoms with van der Waals surface area (Å²) < 4.78 is 0. The van der Waals surface area contributed by atoms with E-state index >= 15 is 0 Å². The summed E-state index contributed by atoms with van der Waals surface area (Å²) in [7, 11) is 0. The second-order valence-electron chi connectivity index (χ2n) is 8.62. The highest BCUT2D eigenvalue weighted by molar-refractivity contribution is 5.99. The maximum Gasteiger partial charge on any atom is 0.225 e. The molecule has 0 aliphatic heterocycles. The van der Waals surface area contributed by atoms with Crippen LogP contribution in [0.5, 0.6) is 0 Å². The zero-order valence-electron chi connectivity index (χ0n) is 21.2. The molecule has 0 aliphatic carbocycles. The first-order valence-electron chi connectivity index (χ1n) is 12.5. The molecule has 0 saturated carbocycles. The van der Waals surface area contributed by atoms with Crippen molar-refractivity contribution in [3.8, 4) is 0 Å². The second kappa shape index (κ2) is 12.5. The lowest BCUT2D eigenvalue weighted by molar-refractivity contribution is -0.117. The number of H-pyrrole nitrogens is 1. The van der Waals surface area contributed by atoms with Gasteiger partial charge in [-0.15, -0.1) is 0 Å². The lowest BCUT2D eigenvalue weighted by atomic mass is 10.1. The van der Waals surface area contributed by atoms with E-state index in [-0.39, 0.29) is 17.2 Å². The summed E-state index contributed by atoms with van der Waals surface area (Å²) in [4.78, 5) is 45.5. The van der Waals surface area contributed by atoms with Gasteiger partial charge in [-0.2, -0.15) is 0 Å². The van der Waals surface area contributed by atoms with Crippen LogP contribution in [0.4, 0.5) is 11.4 Å². The molecule has 188 valence electrons. The van der Waals surface area contributed by atoms with Gasteiger partial charge in [-0.05, 0) is 62.6 Å². The minimum Gasteiger partial charge on any atom is -0.354 e. The molecule has 1 aromatic heterocycles. The quantitative estimate of drug-likeness (QED) is 0.341. The molecule has 8 nitrogen and oxygen atoms in total. The number of nitrogens with zero attached hydrogens (tertiary/aromatic N) is 2. The first kappa shape index (κ1) is 26.4. The van der Waals surface area contributed by atoms with Gasteiger partial charge in [0.25, 0.3) is 0 Å². The minimum atomic E-state index is -0.0902. The lowest BCUT2D eigenvalue weighted by Gasteiger charge is -2.17. The zero-order valence-corrected chi connectivity index (χ0v) is 21.2. The van der Waals surface area contributed by atoms with Gasteiger partial charge in [0.15, 0.2) is 5.43 Å². The number of anilines is 2. The lowest BCUT2D eigenvalue weighted by Crippen LogP contribution is -2.27. The van der Waals surface area contributed by atoms with E-state index < -0.39 is 0 Å². The van der Waals surface area contributed by atoms with Crippen molar-refractivity contribution >= 4 is 45.0 Å². The number of amides is 2. The molecule has 0 spiro atoms. The van der Waals surface area contributed by atoms with E-state index in [4.69, 9.17) is 0 Å². The molecular formula is C27H37N5O3. The molecule has 0 aliphatic rings. The average Bonchev–Trinajstić information content (AvgIpc) is 2.85. The summed E-state index contributed by atoms with van der Waals surface area (Å²) in [6.07, 6.45) is 0.816. The molecule has 3 aromatic rings. The number of hydrogen-bond acceptors (Lipinski definition) is 5. The van der Waals surface area contributed by atoms with Gasteiger partial charge >= 0.3 is 0 Å². The predicted octanol–water partition coefficient (Wildman–Crippen LogP) is 4.02. The van der Waals surface area contributed by atoms with E-state index in [1.165, 1.54) is 0 Å². The fourth-order valence-electron chi connectivity index (χ4n) is 4.18. The highest BCUT2D eigenvalue weighted by atomic mass is 16.2. The molecule has 0 fully saturated rings. The van der Waals surface area contributed by atoms with E-state index in [0.29, 0.717) is 59.1 Å². The van der Waals surface area contributed by atoms with Crippen LogP contribution in [-0.2, 0) is 9.59 Å². The maximum absolute atomic E-state index is 13.0. The molecule has 3 rings (SSSR count). The standard InChI is InChI=1S/C27H37N5O3/c1-5-31(6-2)15-13-25(33)28-19-9-11-21-23(17-19)30-24-18-20(10-12-22(24)27(21)35)29-26(34)14-16-32(7-3)8-4/h9-12,17-18H,5-8,13-16H2,1-4H3,(H,28,33)(H,29,34)(H,30,35). The molecule has 0 bridgehead atoms. The first-order chi connectivity index (χ1) is 16.9. The topological polar surface area (TPSA) is 97.5 Å². The van der Waals surface area contributed by atoms with Crippen molar-refractivity contribution in [1.82, 2.24) is 14.8 Å².